The second kappa shape index (κ2) is 10.9. The smallest absolute Gasteiger partial charge is 0.257 e. The first kappa shape index (κ1) is 24.2. The summed E-state index contributed by atoms with van der Waals surface area (Å²) in [5.74, 6) is 1.10. The SMILES string of the molecule is Cc1c(NC(=O)C2CC2)cccc1NC(=S)NC(=O)c1ccc(OCCC(C)C)c(Br)c1. The van der Waals surface area contributed by atoms with Gasteiger partial charge in [-0.15, -0.1) is 0 Å². The van der Waals surface area contributed by atoms with Crippen LogP contribution in [0.4, 0.5) is 11.4 Å². The van der Waals surface area contributed by atoms with Crippen LogP contribution in [-0.2, 0) is 4.79 Å². The van der Waals surface area contributed by atoms with E-state index in [9.17, 15) is 9.59 Å². The van der Waals surface area contributed by atoms with E-state index in [0.717, 1.165) is 36.2 Å². The second-order valence-corrected chi connectivity index (χ2v) is 9.59. The van der Waals surface area contributed by atoms with Crippen LogP contribution in [0.1, 0.15) is 49.0 Å². The van der Waals surface area contributed by atoms with E-state index in [0.29, 0.717) is 28.3 Å². The molecule has 0 radical (unpaired) electrons. The minimum atomic E-state index is -0.326. The van der Waals surface area contributed by atoms with Gasteiger partial charge >= 0.3 is 0 Å². The van der Waals surface area contributed by atoms with E-state index in [1.165, 1.54) is 0 Å². The van der Waals surface area contributed by atoms with Gasteiger partial charge < -0.3 is 15.4 Å². The Hall–Kier alpha value is -2.45. The van der Waals surface area contributed by atoms with Crippen LogP contribution in [0.3, 0.4) is 0 Å². The molecule has 0 bridgehead atoms. The lowest BCUT2D eigenvalue weighted by molar-refractivity contribution is -0.117. The maximum Gasteiger partial charge on any atom is 0.257 e. The third-order valence-corrected chi connectivity index (χ3v) is 5.99. The van der Waals surface area contributed by atoms with Crippen molar-refractivity contribution in [1.29, 1.82) is 0 Å². The highest BCUT2D eigenvalue weighted by Crippen LogP contribution is 2.32. The molecule has 0 aliphatic heterocycles. The summed E-state index contributed by atoms with van der Waals surface area (Å²) in [5, 5.41) is 8.88. The molecule has 2 aromatic rings. The monoisotopic (exact) mass is 517 g/mol. The van der Waals surface area contributed by atoms with Crippen LogP contribution >= 0.6 is 28.1 Å². The van der Waals surface area contributed by atoms with E-state index in [2.05, 4.69) is 45.7 Å². The summed E-state index contributed by atoms with van der Waals surface area (Å²) in [5.41, 5.74) is 2.76. The summed E-state index contributed by atoms with van der Waals surface area (Å²) in [4.78, 5) is 24.7. The predicted molar refractivity (Wildman–Crippen MR) is 135 cm³/mol. The molecule has 0 aromatic heterocycles. The fourth-order valence-electron chi connectivity index (χ4n) is 2.98. The number of carbonyl (C=O) groups is 2. The Morgan fingerprint density at radius 1 is 1.16 bits per heavy atom. The molecule has 3 N–H and O–H groups in total. The van der Waals surface area contributed by atoms with Gasteiger partial charge in [0, 0.05) is 22.9 Å². The highest BCUT2D eigenvalue weighted by molar-refractivity contribution is 9.10. The zero-order valence-electron chi connectivity index (χ0n) is 18.5. The zero-order chi connectivity index (χ0) is 23.3. The van der Waals surface area contributed by atoms with Crippen molar-refractivity contribution in [2.45, 2.75) is 40.0 Å². The number of ether oxygens (including phenoxy) is 1. The van der Waals surface area contributed by atoms with E-state index >= 15 is 0 Å². The van der Waals surface area contributed by atoms with Crippen molar-refractivity contribution in [1.82, 2.24) is 5.32 Å². The molecule has 0 heterocycles. The van der Waals surface area contributed by atoms with E-state index in [1.54, 1.807) is 18.2 Å². The normalized spacial score (nSPS) is 12.9. The Labute approximate surface area is 202 Å². The molecule has 0 spiro atoms. The van der Waals surface area contributed by atoms with Crippen LogP contribution in [0.15, 0.2) is 40.9 Å². The first-order valence-electron chi connectivity index (χ1n) is 10.7. The van der Waals surface area contributed by atoms with Gasteiger partial charge in [-0.2, -0.15) is 0 Å². The van der Waals surface area contributed by atoms with Crippen molar-refractivity contribution in [2.75, 3.05) is 17.2 Å². The van der Waals surface area contributed by atoms with Crippen LogP contribution < -0.4 is 20.7 Å². The molecule has 0 unspecified atom stereocenters. The number of nitrogens with one attached hydrogen (secondary N) is 3. The Balaban J connectivity index is 1.58. The van der Waals surface area contributed by atoms with E-state index in [-0.39, 0.29) is 22.8 Å². The number of carbonyl (C=O) groups excluding carboxylic acids is 2. The average molecular weight is 518 g/mol. The Kier molecular flexibility index (Phi) is 8.26. The fraction of sp³-hybridized carbons (Fsp3) is 0.375. The molecule has 1 fully saturated rings. The number of anilines is 2. The molecule has 2 amide bonds. The molecular formula is C24H28BrN3O3S. The highest BCUT2D eigenvalue weighted by atomic mass is 79.9. The van der Waals surface area contributed by atoms with Gasteiger partial charge in [-0.3, -0.25) is 14.9 Å². The van der Waals surface area contributed by atoms with E-state index < -0.39 is 0 Å². The minimum absolute atomic E-state index is 0.0448. The van der Waals surface area contributed by atoms with Gasteiger partial charge in [-0.05, 0) is 96.1 Å². The summed E-state index contributed by atoms with van der Waals surface area (Å²) < 4.78 is 6.48. The molecule has 2 aromatic carbocycles. The summed E-state index contributed by atoms with van der Waals surface area (Å²) in [6.07, 6.45) is 2.85. The van der Waals surface area contributed by atoms with Crippen LogP contribution in [0.2, 0.25) is 0 Å². The topological polar surface area (TPSA) is 79.5 Å². The van der Waals surface area contributed by atoms with Crippen molar-refractivity contribution in [2.24, 2.45) is 11.8 Å². The zero-order valence-corrected chi connectivity index (χ0v) is 20.9. The molecule has 170 valence electrons. The third kappa shape index (κ3) is 6.77. The lowest BCUT2D eigenvalue weighted by atomic mass is 10.1. The minimum Gasteiger partial charge on any atom is -0.492 e. The van der Waals surface area contributed by atoms with Crippen LogP contribution in [0.25, 0.3) is 0 Å². The van der Waals surface area contributed by atoms with Gasteiger partial charge in [-0.25, -0.2) is 0 Å². The number of thiocarbonyl (C=S) groups is 1. The molecule has 3 rings (SSSR count). The predicted octanol–water partition coefficient (Wildman–Crippen LogP) is 5.66. The van der Waals surface area contributed by atoms with Gasteiger partial charge in [0.15, 0.2) is 5.11 Å². The molecule has 1 aliphatic rings. The van der Waals surface area contributed by atoms with Crippen molar-refractivity contribution in [3.05, 3.63) is 52.0 Å². The quantitative estimate of drug-likeness (QED) is 0.393. The first-order chi connectivity index (χ1) is 15.2. The molecule has 8 heteroatoms. The lowest BCUT2D eigenvalue weighted by Gasteiger charge is -2.15. The summed E-state index contributed by atoms with van der Waals surface area (Å²) in [6.45, 7) is 6.80. The summed E-state index contributed by atoms with van der Waals surface area (Å²) in [7, 11) is 0. The first-order valence-corrected chi connectivity index (χ1v) is 11.9. The Morgan fingerprint density at radius 2 is 1.84 bits per heavy atom. The maximum absolute atomic E-state index is 12.6. The van der Waals surface area contributed by atoms with Crippen LogP contribution in [-0.4, -0.2) is 23.5 Å². The molecule has 6 nitrogen and oxygen atoms in total. The molecule has 1 aliphatic carbocycles. The van der Waals surface area contributed by atoms with Crippen molar-refractivity contribution in [3.63, 3.8) is 0 Å². The van der Waals surface area contributed by atoms with Crippen molar-refractivity contribution in [3.8, 4) is 5.75 Å². The maximum atomic E-state index is 12.6. The standard InChI is InChI=1S/C24H28BrN3O3S/c1-14(2)11-12-31-21-10-9-17(13-18(21)25)23(30)28-24(32)27-20-6-4-5-19(15(20)3)26-22(29)16-7-8-16/h4-6,9-10,13-14,16H,7-8,11-12H2,1-3H3,(H,26,29)(H2,27,28,30,32). The molecular weight excluding hydrogens is 490 g/mol. The molecule has 1 saturated carbocycles. The highest BCUT2D eigenvalue weighted by Gasteiger charge is 2.29. The molecule has 0 saturated heterocycles. The molecule has 32 heavy (non-hydrogen) atoms. The number of rotatable bonds is 8. The number of benzene rings is 2. The van der Waals surface area contributed by atoms with Crippen LogP contribution in [0.5, 0.6) is 5.75 Å². The van der Waals surface area contributed by atoms with Crippen molar-refractivity contribution >= 4 is 56.4 Å². The summed E-state index contributed by atoms with van der Waals surface area (Å²) in [6, 6.07) is 10.7. The lowest BCUT2D eigenvalue weighted by Crippen LogP contribution is -2.34. The Morgan fingerprint density at radius 3 is 2.47 bits per heavy atom. The Bertz CT molecular complexity index is 1020. The van der Waals surface area contributed by atoms with E-state index in [4.69, 9.17) is 17.0 Å². The van der Waals surface area contributed by atoms with Crippen LogP contribution in [0, 0.1) is 18.8 Å². The van der Waals surface area contributed by atoms with Gasteiger partial charge in [0.05, 0.1) is 11.1 Å². The molecule has 0 atom stereocenters. The van der Waals surface area contributed by atoms with Gasteiger partial charge in [0.1, 0.15) is 5.75 Å². The van der Waals surface area contributed by atoms with Gasteiger partial charge in [-0.1, -0.05) is 19.9 Å². The third-order valence-electron chi connectivity index (χ3n) is 5.16. The van der Waals surface area contributed by atoms with Gasteiger partial charge in [0.25, 0.3) is 5.91 Å². The number of hydrogen-bond acceptors (Lipinski definition) is 4. The largest absolute Gasteiger partial charge is 0.492 e. The average Bonchev–Trinajstić information content (AvgIpc) is 3.57. The van der Waals surface area contributed by atoms with Crippen molar-refractivity contribution < 1.29 is 14.3 Å². The summed E-state index contributed by atoms with van der Waals surface area (Å²) >= 11 is 8.79. The fourth-order valence-corrected chi connectivity index (χ4v) is 3.68. The number of amides is 2. The van der Waals surface area contributed by atoms with Gasteiger partial charge in [0.2, 0.25) is 5.91 Å². The number of halogens is 1. The van der Waals surface area contributed by atoms with E-state index in [1.807, 2.05) is 25.1 Å². The second-order valence-electron chi connectivity index (χ2n) is 8.33. The number of hydrogen-bond donors (Lipinski definition) is 3.